The van der Waals surface area contributed by atoms with Crippen molar-refractivity contribution in [3.05, 3.63) is 39.4 Å². The lowest BCUT2D eigenvalue weighted by Crippen LogP contribution is -2.12. The van der Waals surface area contributed by atoms with Crippen LogP contribution in [0.3, 0.4) is 0 Å². The highest BCUT2D eigenvalue weighted by molar-refractivity contribution is 5.96. The number of hydrogen-bond donors (Lipinski definition) is 1. The number of carboxylic acid groups (broad SMARTS) is 1. The molecule has 0 unspecified atom stereocenters. The third-order valence-corrected chi connectivity index (χ3v) is 1.82. The van der Waals surface area contributed by atoms with Gasteiger partial charge in [-0.05, 0) is 18.2 Å². The molecule has 17 heavy (non-hydrogen) atoms. The van der Waals surface area contributed by atoms with E-state index in [0.717, 1.165) is 12.1 Å². The molecule has 0 spiro atoms. The second-order valence-electron chi connectivity index (χ2n) is 2.82. The van der Waals surface area contributed by atoms with Gasteiger partial charge in [-0.2, -0.15) is 0 Å². The Morgan fingerprint density at radius 2 is 2.06 bits per heavy atom. The molecule has 1 aromatic carbocycles. The van der Waals surface area contributed by atoms with Gasteiger partial charge < -0.3 is 9.84 Å². The van der Waals surface area contributed by atoms with Crippen LogP contribution < -0.4 is 4.74 Å². The lowest BCUT2D eigenvalue weighted by molar-refractivity contribution is -0.727. The van der Waals surface area contributed by atoms with E-state index in [-0.39, 0.29) is 16.9 Å². The third-order valence-electron chi connectivity index (χ3n) is 1.82. The van der Waals surface area contributed by atoms with Crippen molar-refractivity contribution in [2.45, 2.75) is 0 Å². The average molecular weight is 241 g/mol. The number of rotatable bonds is 4. The molecule has 0 atom stereocenters. The summed E-state index contributed by atoms with van der Waals surface area (Å²) in [6, 6.07) is 3.31. The number of benzene rings is 1. The van der Waals surface area contributed by atoms with Crippen molar-refractivity contribution in [1.82, 2.24) is 0 Å². The summed E-state index contributed by atoms with van der Waals surface area (Å²) in [5.41, 5.74) is -0.537. The summed E-state index contributed by atoms with van der Waals surface area (Å²) >= 11 is 0. The first-order valence-electron chi connectivity index (χ1n) is 4.23. The number of ether oxygens (including phenoxy) is 1. The monoisotopic (exact) mass is 241 g/mol. The standard InChI is InChI=1S/C9H7NO7/c1-16-7-3-2-5(4-6(7)8(11)12)9(13)17-10(14)15/h2-4H,1H3,(H,11,12). The summed E-state index contributed by atoms with van der Waals surface area (Å²) < 4.78 is 4.76. The van der Waals surface area contributed by atoms with Crippen molar-refractivity contribution in [1.29, 1.82) is 0 Å². The molecule has 90 valence electrons. The topological polar surface area (TPSA) is 116 Å². The van der Waals surface area contributed by atoms with E-state index in [4.69, 9.17) is 9.84 Å². The fraction of sp³-hybridized carbons (Fsp3) is 0.111. The minimum absolute atomic E-state index is 0.0372. The van der Waals surface area contributed by atoms with Crippen LogP contribution in [0.1, 0.15) is 20.7 Å². The van der Waals surface area contributed by atoms with Crippen molar-refractivity contribution >= 4 is 11.9 Å². The maximum Gasteiger partial charge on any atom is 0.339 e. The lowest BCUT2D eigenvalue weighted by atomic mass is 10.1. The fourth-order valence-corrected chi connectivity index (χ4v) is 1.12. The number of nitrogens with zero attached hydrogens (tertiary/aromatic N) is 1. The second kappa shape index (κ2) is 4.92. The molecule has 0 amide bonds. The highest BCUT2D eigenvalue weighted by Crippen LogP contribution is 2.20. The predicted octanol–water partition coefficient (Wildman–Crippen LogP) is 0.742. The van der Waals surface area contributed by atoms with Gasteiger partial charge in [-0.25, -0.2) is 9.63 Å². The van der Waals surface area contributed by atoms with Crippen molar-refractivity contribution in [2.75, 3.05) is 7.11 Å². The third kappa shape index (κ3) is 2.91. The molecular weight excluding hydrogens is 234 g/mol. The highest BCUT2D eigenvalue weighted by Gasteiger charge is 2.17. The second-order valence-corrected chi connectivity index (χ2v) is 2.82. The average Bonchev–Trinajstić information content (AvgIpc) is 2.27. The number of carbonyl (C=O) groups excluding carboxylic acids is 1. The molecule has 0 aliphatic rings. The Labute approximate surface area is 94.5 Å². The van der Waals surface area contributed by atoms with Gasteiger partial charge in [0.2, 0.25) is 0 Å². The van der Waals surface area contributed by atoms with E-state index in [0.29, 0.717) is 0 Å². The van der Waals surface area contributed by atoms with Crippen LogP contribution in [0.4, 0.5) is 0 Å². The van der Waals surface area contributed by atoms with Crippen LogP contribution in [-0.2, 0) is 4.84 Å². The van der Waals surface area contributed by atoms with Crippen LogP contribution in [-0.4, -0.2) is 29.2 Å². The molecule has 1 N–H and O–H groups in total. The molecule has 0 saturated heterocycles. The van der Waals surface area contributed by atoms with E-state index in [2.05, 4.69) is 4.84 Å². The number of carboxylic acids is 1. The summed E-state index contributed by atoms with van der Waals surface area (Å²) in [6.07, 6.45) is 0. The van der Waals surface area contributed by atoms with Crippen LogP contribution in [0.2, 0.25) is 0 Å². The van der Waals surface area contributed by atoms with Gasteiger partial charge >= 0.3 is 17.0 Å². The molecule has 0 fully saturated rings. The van der Waals surface area contributed by atoms with E-state index in [1.54, 1.807) is 0 Å². The van der Waals surface area contributed by atoms with E-state index in [1.165, 1.54) is 13.2 Å². The summed E-state index contributed by atoms with van der Waals surface area (Å²) in [5.74, 6) is -2.53. The van der Waals surface area contributed by atoms with Gasteiger partial charge in [-0.3, -0.25) is 4.79 Å². The molecule has 0 radical (unpaired) electrons. The van der Waals surface area contributed by atoms with Crippen molar-refractivity contribution in [3.8, 4) is 5.75 Å². The quantitative estimate of drug-likeness (QED) is 0.610. The van der Waals surface area contributed by atoms with Crippen LogP contribution in [0.15, 0.2) is 18.2 Å². The first-order chi connectivity index (χ1) is 7.95. The normalized spacial score (nSPS) is 9.47. The Balaban J connectivity index is 3.12. The molecule has 1 rings (SSSR count). The van der Waals surface area contributed by atoms with Crippen molar-refractivity contribution in [3.63, 3.8) is 0 Å². The lowest BCUT2D eigenvalue weighted by Gasteiger charge is -2.05. The molecule has 8 heteroatoms. The van der Waals surface area contributed by atoms with Crippen LogP contribution in [0.25, 0.3) is 0 Å². The number of hydrogen-bond acceptors (Lipinski definition) is 6. The predicted molar refractivity (Wildman–Crippen MR) is 52.4 cm³/mol. The Hall–Kier alpha value is -2.64. The number of carbonyl (C=O) groups is 2. The minimum Gasteiger partial charge on any atom is -0.496 e. The molecule has 0 saturated carbocycles. The van der Waals surface area contributed by atoms with E-state index >= 15 is 0 Å². The first-order valence-corrected chi connectivity index (χ1v) is 4.23. The Kier molecular flexibility index (Phi) is 3.60. The van der Waals surface area contributed by atoms with Gasteiger partial charge in [0.15, 0.2) is 0 Å². The van der Waals surface area contributed by atoms with E-state index in [9.17, 15) is 19.7 Å². The summed E-state index contributed by atoms with van der Waals surface area (Å²) in [7, 11) is 1.26. The fourth-order valence-electron chi connectivity index (χ4n) is 1.12. The minimum atomic E-state index is -1.32. The van der Waals surface area contributed by atoms with Crippen LogP contribution in [0.5, 0.6) is 5.75 Å². The summed E-state index contributed by atoms with van der Waals surface area (Å²) in [5, 5.41) is 17.5. The van der Waals surface area contributed by atoms with Gasteiger partial charge in [0.25, 0.3) is 0 Å². The summed E-state index contributed by atoms with van der Waals surface area (Å²) in [4.78, 5) is 35.6. The van der Waals surface area contributed by atoms with E-state index < -0.39 is 17.0 Å². The van der Waals surface area contributed by atoms with Gasteiger partial charge in [-0.15, -0.1) is 10.1 Å². The smallest absolute Gasteiger partial charge is 0.339 e. The zero-order valence-corrected chi connectivity index (χ0v) is 8.58. The molecule has 0 aliphatic carbocycles. The van der Waals surface area contributed by atoms with Gasteiger partial charge in [0.1, 0.15) is 11.3 Å². The zero-order valence-electron chi connectivity index (χ0n) is 8.58. The molecule has 0 aromatic heterocycles. The maximum atomic E-state index is 11.1. The van der Waals surface area contributed by atoms with Crippen molar-refractivity contribution in [2.24, 2.45) is 0 Å². The van der Waals surface area contributed by atoms with Crippen LogP contribution in [0, 0.1) is 10.1 Å². The molecule has 0 heterocycles. The number of methoxy groups -OCH3 is 1. The zero-order chi connectivity index (χ0) is 13.0. The Morgan fingerprint density at radius 3 is 2.53 bits per heavy atom. The van der Waals surface area contributed by atoms with Crippen molar-refractivity contribution < 1.29 is 29.4 Å². The first kappa shape index (κ1) is 12.4. The molecule has 0 aliphatic heterocycles. The van der Waals surface area contributed by atoms with E-state index in [1.807, 2.05) is 0 Å². The molecular formula is C9H7NO7. The number of aromatic carboxylic acids is 1. The molecule has 0 bridgehead atoms. The van der Waals surface area contributed by atoms with Gasteiger partial charge in [-0.1, -0.05) is 0 Å². The SMILES string of the molecule is COc1ccc(C(=O)O[N+](=O)[O-])cc1C(=O)O. The van der Waals surface area contributed by atoms with Gasteiger partial charge in [0, 0.05) is 5.56 Å². The summed E-state index contributed by atoms with van der Waals surface area (Å²) in [6.45, 7) is 0. The molecule has 8 nitrogen and oxygen atoms in total. The largest absolute Gasteiger partial charge is 0.496 e. The van der Waals surface area contributed by atoms with Crippen LogP contribution >= 0.6 is 0 Å². The van der Waals surface area contributed by atoms with Gasteiger partial charge in [0.05, 0.1) is 7.11 Å². The Morgan fingerprint density at radius 1 is 1.41 bits per heavy atom. The highest BCUT2D eigenvalue weighted by atomic mass is 17.0. The maximum absolute atomic E-state index is 11.1. The molecule has 1 aromatic rings. The Bertz CT molecular complexity index is 482.